The molecular formula is C19H19N3O3. The molecule has 0 atom stereocenters. The van der Waals surface area contributed by atoms with Gasteiger partial charge in [-0.3, -0.25) is 4.79 Å². The largest absolute Gasteiger partial charge is 0.508 e. The number of phenols is 1. The number of benzene rings is 2. The van der Waals surface area contributed by atoms with Crippen molar-refractivity contribution in [2.75, 3.05) is 17.2 Å². The Bertz CT molecular complexity index is 821. The van der Waals surface area contributed by atoms with Gasteiger partial charge < -0.3 is 20.5 Å². The third kappa shape index (κ3) is 5.01. The van der Waals surface area contributed by atoms with Crippen molar-refractivity contribution in [2.45, 2.75) is 13.8 Å². The number of aromatic hydroxyl groups is 1. The SMILES string of the molecule is CCOc1ccc(N/C=C(/C#N)C(=O)Nc2ccc(O)cc2C)cc1. The highest BCUT2D eigenvalue weighted by Crippen LogP contribution is 2.21. The van der Waals surface area contributed by atoms with Crippen molar-refractivity contribution in [1.82, 2.24) is 0 Å². The second-order valence-corrected chi connectivity index (χ2v) is 5.22. The number of carbonyl (C=O) groups is 1. The summed E-state index contributed by atoms with van der Waals surface area (Å²) in [7, 11) is 0. The van der Waals surface area contributed by atoms with Crippen LogP contribution in [0.1, 0.15) is 12.5 Å². The molecule has 25 heavy (non-hydrogen) atoms. The second-order valence-electron chi connectivity index (χ2n) is 5.22. The lowest BCUT2D eigenvalue weighted by Gasteiger charge is -2.09. The summed E-state index contributed by atoms with van der Waals surface area (Å²) in [5.74, 6) is 0.330. The Labute approximate surface area is 146 Å². The Balaban J connectivity index is 2.06. The van der Waals surface area contributed by atoms with E-state index in [-0.39, 0.29) is 11.3 Å². The van der Waals surface area contributed by atoms with Crippen LogP contribution in [0.4, 0.5) is 11.4 Å². The minimum atomic E-state index is -0.533. The van der Waals surface area contributed by atoms with Gasteiger partial charge in [-0.1, -0.05) is 0 Å². The average molecular weight is 337 g/mol. The number of hydrogen-bond acceptors (Lipinski definition) is 5. The summed E-state index contributed by atoms with van der Waals surface area (Å²) in [5, 5.41) is 24.2. The molecule has 3 N–H and O–H groups in total. The molecular weight excluding hydrogens is 318 g/mol. The van der Waals surface area contributed by atoms with Gasteiger partial charge in [0.25, 0.3) is 5.91 Å². The molecule has 0 aromatic heterocycles. The first-order valence-corrected chi connectivity index (χ1v) is 7.74. The molecule has 1 amide bonds. The summed E-state index contributed by atoms with van der Waals surface area (Å²) >= 11 is 0. The number of aryl methyl sites for hydroxylation is 1. The third-order valence-corrected chi connectivity index (χ3v) is 3.37. The average Bonchev–Trinajstić information content (AvgIpc) is 2.59. The highest BCUT2D eigenvalue weighted by Gasteiger charge is 2.11. The molecule has 0 radical (unpaired) electrons. The van der Waals surface area contributed by atoms with Gasteiger partial charge in [-0.25, -0.2) is 0 Å². The number of nitrogens with one attached hydrogen (secondary N) is 2. The van der Waals surface area contributed by atoms with E-state index in [1.807, 2.05) is 13.0 Å². The number of ether oxygens (including phenoxy) is 1. The molecule has 2 rings (SSSR count). The van der Waals surface area contributed by atoms with Gasteiger partial charge in [-0.05, 0) is 61.9 Å². The number of carbonyl (C=O) groups excluding carboxylic acids is 1. The lowest BCUT2D eigenvalue weighted by molar-refractivity contribution is -0.112. The summed E-state index contributed by atoms with van der Waals surface area (Å²) < 4.78 is 5.35. The Morgan fingerprint density at radius 3 is 2.60 bits per heavy atom. The molecule has 6 heteroatoms. The van der Waals surface area contributed by atoms with Gasteiger partial charge in [0.2, 0.25) is 0 Å². The fraction of sp³-hybridized carbons (Fsp3) is 0.158. The highest BCUT2D eigenvalue weighted by molar-refractivity contribution is 6.07. The Hall–Kier alpha value is -3.46. The van der Waals surface area contributed by atoms with Crippen LogP contribution in [0, 0.1) is 18.3 Å². The van der Waals surface area contributed by atoms with E-state index in [9.17, 15) is 15.2 Å². The number of rotatable bonds is 6. The standard InChI is InChI=1S/C19H19N3O3/c1-3-25-17-7-4-15(5-8-17)21-12-14(11-20)19(24)22-18-9-6-16(23)10-13(18)2/h4-10,12,21,23H,3H2,1-2H3,(H,22,24)/b14-12-. The zero-order valence-corrected chi connectivity index (χ0v) is 14.0. The van der Waals surface area contributed by atoms with Crippen LogP contribution in [0.25, 0.3) is 0 Å². The zero-order valence-electron chi connectivity index (χ0n) is 14.0. The van der Waals surface area contributed by atoms with Crippen LogP contribution in [0.15, 0.2) is 54.2 Å². The van der Waals surface area contributed by atoms with Crippen molar-refractivity contribution in [3.8, 4) is 17.6 Å². The normalized spacial score (nSPS) is 10.7. The lowest BCUT2D eigenvalue weighted by atomic mass is 10.2. The summed E-state index contributed by atoms with van der Waals surface area (Å²) in [6.45, 7) is 4.24. The van der Waals surface area contributed by atoms with Crippen LogP contribution in [-0.2, 0) is 4.79 Å². The maximum Gasteiger partial charge on any atom is 0.267 e. The van der Waals surface area contributed by atoms with Crippen LogP contribution in [0.3, 0.4) is 0 Å². The topological polar surface area (TPSA) is 94.4 Å². The van der Waals surface area contributed by atoms with E-state index in [2.05, 4.69) is 10.6 Å². The predicted octanol–water partition coefficient (Wildman–Crippen LogP) is 3.56. The minimum Gasteiger partial charge on any atom is -0.508 e. The Kier molecular flexibility index (Phi) is 6.02. The van der Waals surface area contributed by atoms with Crippen molar-refractivity contribution in [2.24, 2.45) is 0 Å². The van der Waals surface area contributed by atoms with Gasteiger partial charge in [-0.15, -0.1) is 0 Å². The number of hydrogen-bond donors (Lipinski definition) is 3. The maximum absolute atomic E-state index is 12.2. The predicted molar refractivity (Wildman–Crippen MR) is 96.4 cm³/mol. The van der Waals surface area contributed by atoms with Crippen LogP contribution in [0.2, 0.25) is 0 Å². The van der Waals surface area contributed by atoms with Crippen molar-refractivity contribution < 1.29 is 14.6 Å². The van der Waals surface area contributed by atoms with Crippen LogP contribution >= 0.6 is 0 Å². The van der Waals surface area contributed by atoms with E-state index in [1.54, 1.807) is 37.3 Å². The number of nitriles is 1. The van der Waals surface area contributed by atoms with Gasteiger partial charge in [-0.2, -0.15) is 5.26 Å². The minimum absolute atomic E-state index is 0.0682. The van der Waals surface area contributed by atoms with Gasteiger partial charge in [0.15, 0.2) is 0 Å². The Morgan fingerprint density at radius 1 is 1.28 bits per heavy atom. The molecule has 0 heterocycles. The van der Waals surface area contributed by atoms with E-state index >= 15 is 0 Å². The molecule has 0 aliphatic rings. The molecule has 128 valence electrons. The van der Waals surface area contributed by atoms with Crippen LogP contribution in [-0.4, -0.2) is 17.6 Å². The summed E-state index contributed by atoms with van der Waals surface area (Å²) in [6.07, 6.45) is 1.35. The van der Waals surface area contributed by atoms with E-state index in [1.165, 1.54) is 18.3 Å². The maximum atomic E-state index is 12.2. The van der Waals surface area contributed by atoms with Crippen molar-refractivity contribution in [3.63, 3.8) is 0 Å². The van der Waals surface area contributed by atoms with Gasteiger partial charge >= 0.3 is 0 Å². The van der Waals surface area contributed by atoms with E-state index < -0.39 is 5.91 Å². The molecule has 0 saturated heterocycles. The van der Waals surface area contributed by atoms with Gasteiger partial charge in [0.05, 0.1) is 6.61 Å². The van der Waals surface area contributed by atoms with Crippen LogP contribution < -0.4 is 15.4 Å². The number of nitrogens with zero attached hydrogens (tertiary/aromatic N) is 1. The van der Waals surface area contributed by atoms with Crippen molar-refractivity contribution >= 4 is 17.3 Å². The zero-order chi connectivity index (χ0) is 18.2. The first kappa shape index (κ1) is 17.9. The van der Waals surface area contributed by atoms with E-state index in [4.69, 9.17) is 4.74 Å². The fourth-order valence-corrected chi connectivity index (χ4v) is 2.10. The monoisotopic (exact) mass is 337 g/mol. The van der Waals surface area contributed by atoms with Crippen molar-refractivity contribution in [3.05, 3.63) is 59.8 Å². The summed E-state index contributed by atoms with van der Waals surface area (Å²) in [5.41, 5.74) is 1.89. The third-order valence-electron chi connectivity index (χ3n) is 3.37. The smallest absolute Gasteiger partial charge is 0.267 e. The molecule has 0 fully saturated rings. The number of phenolic OH excluding ortho intramolecular Hbond substituents is 1. The first-order chi connectivity index (χ1) is 12.0. The summed E-state index contributed by atoms with van der Waals surface area (Å²) in [6, 6.07) is 13.6. The number of anilines is 2. The number of amides is 1. The molecule has 0 aliphatic carbocycles. The Morgan fingerprint density at radius 2 is 2.00 bits per heavy atom. The van der Waals surface area contributed by atoms with Gasteiger partial charge in [0, 0.05) is 17.6 Å². The fourth-order valence-electron chi connectivity index (χ4n) is 2.10. The molecule has 2 aromatic carbocycles. The molecule has 0 bridgehead atoms. The van der Waals surface area contributed by atoms with E-state index in [0.29, 0.717) is 17.9 Å². The van der Waals surface area contributed by atoms with Crippen molar-refractivity contribution in [1.29, 1.82) is 5.26 Å². The molecule has 0 saturated carbocycles. The summed E-state index contributed by atoms with van der Waals surface area (Å²) in [4.78, 5) is 12.2. The molecule has 6 nitrogen and oxygen atoms in total. The molecule has 0 aliphatic heterocycles. The van der Waals surface area contributed by atoms with Crippen LogP contribution in [0.5, 0.6) is 11.5 Å². The first-order valence-electron chi connectivity index (χ1n) is 7.74. The molecule has 0 spiro atoms. The quantitative estimate of drug-likeness (QED) is 0.426. The van der Waals surface area contributed by atoms with Gasteiger partial charge in [0.1, 0.15) is 23.1 Å². The lowest BCUT2D eigenvalue weighted by Crippen LogP contribution is -2.15. The molecule has 0 unspecified atom stereocenters. The second kappa shape index (κ2) is 8.41. The molecule has 2 aromatic rings. The van der Waals surface area contributed by atoms with E-state index in [0.717, 1.165) is 11.4 Å². The highest BCUT2D eigenvalue weighted by atomic mass is 16.5.